The van der Waals surface area contributed by atoms with Crippen LogP contribution in [-0.4, -0.2) is 55.0 Å². The third kappa shape index (κ3) is 2.95. The van der Waals surface area contributed by atoms with Crippen molar-refractivity contribution in [3.63, 3.8) is 0 Å². The van der Waals surface area contributed by atoms with E-state index in [4.69, 9.17) is 5.73 Å². The Bertz CT molecular complexity index is 301. The predicted octanol–water partition coefficient (Wildman–Crippen LogP) is 1.45. The molecule has 1 amide bonds. The van der Waals surface area contributed by atoms with E-state index in [0.29, 0.717) is 18.5 Å². The highest BCUT2D eigenvalue weighted by atomic mass is 16.2. The third-order valence-corrected chi connectivity index (χ3v) is 5.12. The Morgan fingerprint density at radius 1 is 1.37 bits per heavy atom. The molecule has 2 fully saturated rings. The first-order chi connectivity index (χ1) is 9.13. The van der Waals surface area contributed by atoms with Crippen LogP contribution in [0.3, 0.4) is 0 Å². The van der Waals surface area contributed by atoms with Gasteiger partial charge in [0.05, 0.1) is 5.41 Å². The fourth-order valence-electron chi connectivity index (χ4n) is 3.50. The summed E-state index contributed by atoms with van der Waals surface area (Å²) in [6.07, 6.45) is 6.58. The van der Waals surface area contributed by atoms with Gasteiger partial charge < -0.3 is 15.5 Å². The van der Waals surface area contributed by atoms with Gasteiger partial charge in [0.2, 0.25) is 5.91 Å². The van der Waals surface area contributed by atoms with E-state index in [1.807, 2.05) is 11.9 Å². The second-order valence-electron chi connectivity index (χ2n) is 6.33. The van der Waals surface area contributed by atoms with Gasteiger partial charge in [0, 0.05) is 32.7 Å². The van der Waals surface area contributed by atoms with Crippen LogP contribution < -0.4 is 5.73 Å². The number of carbonyl (C=O) groups is 1. The lowest BCUT2D eigenvalue weighted by Gasteiger charge is -2.45. The van der Waals surface area contributed by atoms with Crippen molar-refractivity contribution >= 4 is 5.91 Å². The van der Waals surface area contributed by atoms with Crippen molar-refractivity contribution in [2.45, 2.75) is 51.5 Å². The van der Waals surface area contributed by atoms with E-state index >= 15 is 0 Å². The predicted molar refractivity (Wildman–Crippen MR) is 77.9 cm³/mol. The topological polar surface area (TPSA) is 49.6 Å². The molecule has 4 heteroatoms. The monoisotopic (exact) mass is 267 g/mol. The van der Waals surface area contributed by atoms with E-state index < -0.39 is 0 Å². The van der Waals surface area contributed by atoms with Crippen molar-refractivity contribution in [1.29, 1.82) is 0 Å². The van der Waals surface area contributed by atoms with Gasteiger partial charge in [0.15, 0.2) is 0 Å². The molecule has 0 bridgehead atoms. The zero-order valence-corrected chi connectivity index (χ0v) is 12.5. The van der Waals surface area contributed by atoms with Gasteiger partial charge in [0.25, 0.3) is 0 Å². The summed E-state index contributed by atoms with van der Waals surface area (Å²) in [5, 5.41) is 0. The number of carbonyl (C=O) groups excluding carboxylic acids is 1. The lowest BCUT2D eigenvalue weighted by molar-refractivity contribution is -0.148. The Morgan fingerprint density at radius 3 is 2.42 bits per heavy atom. The number of piperidine rings is 1. The summed E-state index contributed by atoms with van der Waals surface area (Å²) in [5.41, 5.74) is 5.63. The number of likely N-dealkylation sites (tertiary alicyclic amines) is 1. The molecule has 0 aromatic rings. The van der Waals surface area contributed by atoms with Crippen molar-refractivity contribution in [2.24, 2.45) is 11.1 Å². The van der Waals surface area contributed by atoms with E-state index in [0.717, 1.165) is 45.2 Å². The van der Waals surface area contributed by atoms with E-state index in [2.05, 4.69) is 11.8 Å². The average Bonchev–Trinajstić information content (AvgIpc) is 2.38. The second-order valence-corrected chi connectivity index (χ2v) is 6.33. The second kappa shape index (κ2) is 6.23. The number of hydrogen-bond acceptors (Lipinski definition) is 3. The highest BCUT2D eigenvalue weighted by molar-refractivity contribution is 5.84. The van der Waals surface area contributed by atoms with Gasteiger partial charge in [-0.05, 0) is 38.6 Å². The van der Waals surface area contributed by atoms with Crippen LogP contribution in [-0.2, 0) is 4.79 Å². The van der Waals surface area contributed by atoms with Gasteiger partial charge in [-0.15, -0.1) is 0 Å². The standard InChI is InChI=1S/C15H29N3O/c1-3-9-18-10-5-13(6-11-18)17(2)14(19)15(12-16)7-4-8-15/h13H,3-12,16H2,1-2H3. The number of nitrogens with zero attached hydrogens (tertiary/aromatic N) is 2. The minimum Gasteiger partial charge on any atom is -0.342 e. The van der Waals surface area contributed by atoms with Gasteiger partial charge in [-0.25, -0.2) is 0 Å². The molecule has 2 N–H and O–H groups in total. The molecule has 1 aliphatic heterocycles. The van der Waals surface area contributed by atoms with Crippen molar-refractivity contribution in [2.75, 3.05) is 33.2 Å². The first kappa shape index (κ1) is 14.8. The highest BCUT2D eigenvalue weighted by Crippen LogP contribution is 2.42. The lowest BCUT2D eigenvalue weighted by atomic mass is 9.67. The van der Waals surface area contributed by atoms with Gasteiger partial charge in [0.1, 0.15) is 0 Å². The molecule has 1 aliphatic carbocycles. The van der Waals surface area contributed by atoms with Crippen molar-refractivity contribution in [3.8, 4) is 0 Å². The molecule has 2 aliphatic rings. The summed E-state index contributed by atoms with van der Waals surface area (Å²) in [7, 11) is 1.98. The lowest BCUT2D eigenvalue weighted by Crippen LogP contribution is -2.55. The highest BCUT2D eigenvalue weighted by Gasteiger charge is 2.45. The van der Waals surface area contributed by atoms with Crippen LogP contribution in [0.4, 0.5) is 0 Å². The Hall–Kier alpha value is -0.610. The van der Waals surface area contributed by atoms with Crippen molar-refractivity contribution in [3.05, 3.63) is 0 Å². The van der Waals surface area contributed by atoms with Crippen molar-refractivity contribution in [1.82, 2.24) is 9.80 Å². The fraction of sp³-hybridized carbons (Fsp3) is 0.933. The molecule has 110 valence electrons. The van der Waals surface area contributed by atoms with Gasteiger partial charge in [-0.2, -0.15) is 0 Å². The number of nitrogens with two attached hydrogens (primary N) is 1. The molecule has 2 rings (SSSR count). The number of amides is 1. The minimum absolute atomic E-state index is 0.213. The van der Waals surface area contributed by atoms with Crippen LogP contribution in [0.15, 0.2) is 0 Å². The van der Waals surface area contributed by atoms with Gasteiger partial charge in [-0.1, -0.05) is 13.3 Å². The zero-order chi connectivity index (χ0) is 13.9. The molecule has 0 aromatic carbocycles. The first-order valence-electron chi connectivity index (χ1n) is 7.82. The molecule has 1 saturated carbocycles. The summed E-state index contributed by atoms with van der Waals surface area (Å²) in [6, 6.07) is 0.421. The average molecular weight is 267 g/mol. The molecule has 4 nitrogen and oxygen atoms in total. The first-order valence-corrected chi connectivity index (χ1v) is 7.82. The Kier molecular flexibility index (Phi) is 4.85. The van der Waals surface area contributed by atoms with Crippen LogP contribution in [0.5, 0.6) is 0 Å². The maximum atomic E-state index is 12.6. The molecule has 1 heterocycles. The maximum Gasteiger partial charge on any atom is 0.230 e. The number of rotatable bonds is 5. The summed E-state index contributed by atoms with van der Waals surface area (Å²) >= 11 is 0. The van der Waals surface area contributed by atoms with E-state index in [-0.39, 0.29) is 5.41 Å². The zero-order valence-electron chi connectivity index (χ0n) is 12.5. The summed E-state index contributed by atoms with van der Waals surface area (Å²) in [5.74, 6) is 0.301. The molecule has 0 radical (unpaired) electrons. The molecule has 0 atom stereocenters. The van der Waals surface area contributed by atoms with E-state index in [1.54, 1.807) is 0 Å². The van der Waals surface area contributed by atoms with E-state index in [9.17, 15) is 4.79 Å². The molecule has 19 heavy (non-hydrogen) atoms. The molecular formula is C15H29N3O. The van der Waals surface area contributed by atoms with Crippen LogP contribution >= 0.6 is 0 Å². The summed E-state index contributed by atoms with van der Waals surface area (Å²) in [4.78, 5) is 17.1. The van der Waals surface area contributed by atoms with Crippen LogP contribution in [0, 0.1) is 5.41 Å². The van der Waals surface area contributed by atoms with Crippen molar-refractivity contribution < 1.29 is 4.79 Å². The van der Waals surface area contributed by atoms with Crippen LogP contribution in [0.2, 0.25) is 0 Å². The quantitative estimate of drug-likeness (QED) is 0.820. The smallest absolute Gasteiger partial charge is 0.230 e. The van der Waals surface area contributed by atoms with E-state index in [1.165, 1.54) is 13.0 Å². The molecular weight excluding hydrogens is 238 g/mol. The maximum absolute atomic E-state index is 12.6. The van der Waals surface area contributed by atoms with Gasteiger partial charge in [-0.3, -0.25) is 4.79 Å². The fourth-order valence-corrected chi connectivity index (χ4v) is 3.50. The van der Waals surface area contributed by atoms with Gasteiger partial charge >= 0.3 is 0 Å². The minimum atomic E-state index is -0.213. The molecule has 0 aromatic heterocycles. The summed E-state index contributed by atoms with van der Waals surface area (Å²) < 4.78 is 0. The third-order valence-electron chi connectivity index (χ3n) is 5.12. The Morgan fingerprint density at radius 2 is 2.00 bits per heavy atom. The SMILES string of the molecule is CCCN1CCC(N(C)C(=O)C2(CN)CCC2)CC1. The van der Waals surface area contributed by atoms with Crippen LogP contribution in [0.1, 0.15) is 45.4 Å². The summed E-state index contributed by atoms with van der Waals surface area (Å²) in [6.45, 7) is 6.20. The molecule has 1 saturated heterocycles. The molecule has 0 unspecified atom stereocenters. The Labute approximate surface area is 117 Å². The Balaban J connectivity index is 1.87. The molecule has 0 spiro atoms. The largest absolute Gasteiger partial charge is 0.342 e. The number of hydrogen-bond donors (Lipinski definition) is 1. The normalized spacial score (nSPS) is 23.9. The van der Waals surface area contributed by atoms with Crippen LogP contribution in [0.25, 0.3) is 0 Å².